The summed E-state index contributed by atoms with van der Waals surface area (Å²) in [6, 6.07) is 0. The Balaban J connectivity index is 0.000000507. The summed E-state index contributed by atoms with van der Waals surface area (Å²) in [4.78, 5) is 94.1. The van der Waals surface area contributed by atoms with Crippen molar-refractivity contribution in [2.24, 2.45) is 94.7 Å². The van der Waals surface area contributed by atoms with E-state index in [4.69, 9.17) is 18.9 Å². The first-order valence-electron chi connectivity index (χ1n) is 29.5. The van der Waals surface area contributed by atoms with Crippen LogP contribution in [0, 0.1) is 94.7 Å². The lowest BCUT2D eigenvalue weighted by Crippen LogP contribution is -2.42. The van der Waals surface area contributed by atoms with Crippen LogP contribution in [0.4, 0.5) is 0 Å². The van der Waals surface area contributed by atoms with Gasteiger partial charge in [0.25, 0.3) is 0 Å². The Morgan fingerprint density at radius 2 is 0.500 bits per heavy atom. The highest BCUT2D eigenvalue weighted by molar-refractivity contribution is 5.86. The molecule has 4 amide bonds. The first kappa shape index (κ1) is 69.8. The highest BCUT2D eigenvalue weighted by Gasteiger charge is 2.39. The van der Waals surface area contributed by atoms with Gasteiger partial charge in [-0.1, -0.05) is 109 Å². The zero-order valence-electron chi connectivity index (χ0n) is 50.3. The molecule has 4 N–H and O–H groups in total. The van der Waals surface area contributed by atoms with Crippen molar-refractivity contribution in [3.8, 4) is 0 Å². The lowest BCUT2D eigenvalue weighted by atomic mass is 9.70. The summed E-state index contributed by atoms with van der Waals surface area (Å²) in [7, 11) is 0. The predicted molar refractivity (Wildman–Crippen MR) is 298 cm³/mol. The maximum atomic E-state index is 12.2. The molecule has 4 saturated carbocycles. The normalized spacial score (nSPS) is 27.1. The largest absolute Gasteiger partial charge is 0.465 e. The Morgan fingerprint density at radius 3 is 0.645 bits per heavy atom. The van der Waals surface area contributed by atoms with Crippen molar-refractivity contribution in [1.82, 2.24) is 21.3 Å². The van der Waals surface area contributed by atoms with Crippen LogP contribution in [-0.4, -0.2) is 100 Å². The van der Waals surface area contributed by atoms with E-state index >= 15 is 0 Å². The first-order chi connectivity index (χ1) is 35.8. The molecule has 0 unspecified atom stereocenters. The van der Waals surface area contributed by atoms with Crippen LogP contribution >= 0.6 is 0 Å². The molecular weight excluding hydrogens is 969 g/mol. The lowest BCUT2D eigenvalue weighted by molar-refractivity contribution is -0.144. The smallest absolute Gasteiger partial charge is 0.325 e. The van der Waals surface area contributed by atoms with Crippen molar-refractivity contribution in [3.05, 3.63) is 0 Å². The number of ether oxygens (including phenoxy) is 4. The second-order valence-corrected chi connectivity index (χ2v) is 23.8. The number of esters is 4. The summed E-state index contributed by atoms with van der Waals surface area (Å²) in [5, 5.41) is 10.9. The van der Waals surface area contributed by atoms with Crippen LogP contribution in [0.1, 0.15) is 188 Å². The summed E-state index contributed by atoms with van der Waals surface area (Å²) in [5.41, 5.74) is 0. The molecule has 0 spiro atoms. The fraction of sp³-hybridized carbons (Fsp3) is 0.867. The van der Waals surface area contributed by atoms with Crippen molar-refractivity contribution < 1.29 is 57.3 Å². The molecule has 12 atom stereocenters. The second-order valence-electron chi connectivity index (χ2n) is 23.8. The van der Waals surface area contributed by atoms with Crippen molar-refractivity contribution in [2.45, 2.75) is 188 Å². The molecular formula is C60H108N4O12. The molecule has 4 rings (SSSR count). The molecule has 0 saturated heterocycles. The minimum Gasteiger partial charge on any atom is -0.465 e. The third-order valence-electron chi connectivity index (χ3n) is 16.3. The van der Waals surface area contributed by atoms with Gasteiger partial charge >= 0.3 is 23.9 Å². The first-order valence-corrected chi connectivity index (χ1v) is 29.5. The van der Waals surface area contributed by atoms with Gasteiger partial charge in [0.05, 0.1) is 26.4 Å². The SMILES string of the molecule is CCOC(=O)CNC(=O)[C@@H]1C[C@H](C)CC[C@@H]1C(C)C.CCOC(=O)CNC(=O)[C@@H]1C[C@H](C)CC[C@H]1C(C)C.CCOC(=O)CNC(=O)[C@H]1C[C@H](C)CC[C@@H]1C(C)C.CCOC(=O)CNC(=O)[C@H]1C[C@H](C)CC[C@H]1C(C)C. The van der Waals surface area contributed by atoms with E-state index in [9.17, 15) is 38.4 Å². The van der Waals surface area contributed by atoms with Crippen LogP contribution in [0.15, 0.2) is 0 Å². The summed E-state index contributed by atoms with van der Waals surface area (Å²) in [5.74, 6) is 4.87. The minimum absolute atomic E-state index is 0.0115. The van der Waals surface area contributed by atoms with Gasteiger partial charge in [0.2, 0.25) is 23.6 Å². The number of rotatable bonds is 20. The molecule has 440 valence electrons. The van der Waals surface area contributed by atoms with Crippen LogP contribution < -0.4 is 21.3 Å². The van der Waals surface area contributed by atoms with Crippen LogP contribution in [0.25, 0.3) is 0 Å². The van der Waals surface area contributed by atoms with E-state index in [2.05, 4.69) is 104 Å². The molecule has 0 aromatic rings. The third-order valence-corrected chi connectivity index (χ3v) is 16.3. The van der Waals surface area contributed by atoms with Gasteiger partial charge in [0, 0.05) is 23.7 Å². The molecule has 0 aromatic heterocycles. The summed E-state index contributed by atoms with van der Waals surface area (Å²) >= 11 is 0. The Morgan fingerprint density at radius 1 is 0.329 bits per heavy atom. The monoisotopic (exact) mass is 1080 g/mol. The Hall–Kier alpha value is -4.24. The van der Waals surface area contributed by atoms with Gasteiger partial charge in [-0.15, -0.1) is 0 Å². The molecule has 0 aliphatic heterocycles. The van der Waals surface area contributed by atoms with E-state index in [1.165, 1.54) is 25.7 Å². The third kappa shape index (κ3) is 26.4. The molecule has 0 radical (unpaired) electrons. The molecule has 0 bridgehead atoms. The van der Waals surface area contributed by atoms with Crippen molar-refractivity contribution >= 4 is 47.5 Å². The van der Waals surface area contributed by atoms with E-state index in [-0.39, 0.29) is 97.4 Å². The van der Waals surface area contributed by atoms with E-state index < -0.39 is 0 Å². The average Bonchev–Trinajstić information content (AvgIpc) is 3.36. The van der Waals surface area contributed by atoms with Gasteiger partial charge in [-0.2, -0.15) is 0 Å². The standard InChI is InChI=1S/4C15H27NO3/c4*1-5-19-14(17)9-16-15(18)13-8-11(4)6-7-12(13)10(2)3/h4*10-13H,5-9H2,1-4H3,(H,16,18)/t11-,12+,13+;11-,12+,13-;11-,12-,13+;11-,12-,13-/m1111/s1. The Kier molecular flexibility index (Phi) is 34.5. The predicted octanol–water partition coefficient (Wildman–Crippen LogP) is 9.50. The zero-order valence-corrected chi connectivity index (χ0v) is 50.3. The molecule has 16 nitrogen and oxygen atoms in total. The van der Waals surface area contributed by atoms with Gasteiger partial charge < -0.3 is 40.2 Å². The van der Waals surface area contributed by atoms with E-state index in [0.29, 0.717) is 97.4 Å². The molecule has 4 fully saturated rings. The number of hydrogen-bond acceptors (Lipinski definition) is 12. The van der Waals surface area contributed by atoms with Crippen LogP contribution in [-0.2, 0) is 57.3 Å². The van der Waals surface area contributed by atoms with Gasteiger partial charge in [0.15, 0.2) is 0 Å². The quantitative estimate of drug-likeness (QED) is 0.0661. The van der Waals surface area contributed by atoms with Crippen molar-refractivity contribution in [1.29, 1.82) is 0 Å². The molecule has 4 aliphatic rings. The Labute approximate surface area is 459 Å². The van der Waals surface area contributed by atoms with Crippen molar-refractivity contribution in [2.75, 3.05) is 52.6 Å². The highest BCUT2D eigenvalue weighted by atomic mass is 16.5. The summed E-state index contributed by atoms with van der Waals surface area (Å²) in [6.45, 7) is 34.6. The number of carbonyl (C=O) groups excluding carboxylic acids is 8. The summed E-state index contributed by atoms with van der Waals surface area (Å²) in [6.07, 6.45) is 12.9. The minimum atomic E-state index is -0.360. The molecule has 0 aromatic carbocycles. The van der Waals surface area contributed by atoms with Crippen LogP contribution in [0.2, 0.25) is 0 Å². The van der Waals surface area contributed by atoms with Gasteiger partial charge in [-0.25, -0.2) is 0 Å². The summed E-state index contributed by atoms with van der Waals surface area (Å²) < 4.78 is 19.3. The van der Waals surface area contributed by atoms with Gasteiger partial charge in [-0.3, -0.25) is 38.4 Å². The maximum absolute atomic E-state index is 12.2. The lowest BCUT2D eigenvalue weighted by Gasteiger charge is -2.36. The molecule has 4 aliphatic carbocycles. The Bertz CT molecular complexity index is 1510. The molecule has 76 heavy (non-hydrogen) atoms. The van der Waals surface area contributed by atoms with E-state index in [1.807, 2.05) is 0 Å². The second kappa shape index (κ2) is 37.6. The topological polar surface area (TPSA) is 222 Å². The number of nitrogens with one attached hydrogen (secondary N) is 4. The van der Waals surface area contributed by atoms with E-state index in [1.54, 1.807) is 27.7 Å². The van der Waals surface area contributed by atoms with Crippen LogP contribution in [0.3, 0.4) is 0 Å². The number of carbonyl (C=O) groups is 8. The molecule has 16 heteroatoms. The fourth-order valence-electron chi connectivity index (χ4n) is 12.0. The van der Waals surface area contributed by atoms with E-state index in [0.717, 1.165) is 51.4 Å². The van der Waals surface area contributed by atoms with Gasteiger partial charge in [0.1, 0.15) is 26.2 Å². The maximum Gasteiger partial charge on any atom is 0.325 e. The van der Waals surface area contributed by atoms with Crippen LogP contribution in [0.5, 0.6) is 0 Å². The molecule has 0 heterocycles. The highest BCUT2D eigenvalue weighted by Crippen LogP contribution is 2.41. The average molecular weight is 1080 g/mol. The zero-order chi connectivity index (χ0) is 57.7. The number of hydrogen-bond donors (Lipinski definition) is 4. The van der Waals surface area contributed by atoms with Gasteiger partial charge in [-0.05, 0) is 150 Å². The number of amides is 4. The van der Waals surface area contributed by atoms with Crippen molar-refractivity contribution in [3.63, 3.8) is 0 Å². The fourth-order valence-corrected chi connectivity index (χ4v) is 12.0.